The number of rotatable bonds is 8. The van der Waals surface area contributed by atoms with Crippen molar-refractivity contribution in [1.29, 1.82) is 0 Å². The summed E-state index contributed by atoms with van der Waals surface area (Å²) in [6, 6.07) is 6.60. The Labute approximate surface area is 196 Å². The molecule has 0 spiro atoms. The van der Waals surface area contributed by atoms with Crippen LogP contribution in [0.3, 0.4) is 0 Å². The number of aryl methyl sites for hydroxylation is 1. The minimum atomic E-state index is 0. The van der Waals surface area contributed by atoms with Gasteiger partial charge in [-0.3, -0.25) is 4.99 Å². The predicted molar refractivity (Wildman–Crippen MR) is 137 cm³/mol. The number of hydrogen-bond donors (Lipinski definition) is 3. The Hall–Kier alpha value is -0.930. The number of guanidine groups is 1. The van der Waals surface area contributed by atoms with E-state index < -0.39 is 0 Å². The fraction of sp³-hybridized carbons (Fsp3) is 0.591. The molecule has 0 saturated carbocycles. The lowest BCUT2D eigenvalue weighted by Crippen LogP contribution is -2.41. The number of thioether (sulfide) groups is 1. The summed E-state index contributed by atoms with van der Waals surface area (Å²) < 4.78 is 5.80. The van der Waals surface area contributed by atoms with Crippen LogP contribution in [-0.4, -0.2) is 54.3 Å². The minimum absolute atomic E-state index is 0. The Balaban J connectivity index is 0.00000300. The van der Waals surface area contributed by atoms with Crippen LogP contribution in [0.25, 0.3) is 10.9 Å². The average molecular weight is 531 g/mol. The monoisotopic (exact) mass is 530 g/mol. The predicted octanol–water partition coefficient (Wildman–Crippen LogP) is 4.49. The fourth-order valence-corrected chi connectivity index (χ4v) is 5.01. The maximum Gasteiger partial charge on any atom is 0.191 e. The van der Waals surface area contributed by atoms with Crippen LogP contribution in [0.1, 0.15) is 37.8 Å². The van der Waals surface area contributed by atoms with Gasteiger partial charge in [-0.1, -0.05) is 19.1 Å². The van der Waals surface area contributed by atoms with Crippen molar-refractivity contribution in [3.8, 4) is 0 Å². The quantitative estimate of drug-likeness (QED) is 0.267. The lowest BCUT2D eigenvalue weighted by Gasteiger charge is -2.35. The van der Waals surface area contributed by atoms with E-state index in [9.17, 15) is 0 Å². The van der Waals surface area contributed by atoms with Crippen LogP contribution >= 0.6 is 35.7 Å². The van der Waals surface area contributed by atoms with Gasteiger partial charge in [0.25, 0.3) is 0 Å². The highest BCUT2D eigenvalue weighted by atomic mass is 127. The third kappa shape index (κ3) is 6.79. The van der Waals surface area contributed by atoms with E-state index in [1.54, 1.807) is 0 Å². The molecule has 3 N–H and O–H groups in total. The number of nitrogens with one attached hydrogen (secondary N) is 3. The molecular weight excluding hydrogens is 495 g/mol. The molecular formula is C22H35IN4OS. The number of H-pyrrole nitrogens is 1. The summed E-state index contributed by atoms with van der Waals surface area (Å²) in [5, 5.41) is 8.23. The van der Waals surface area contributed by atoms with Crippen molar-refractivity contribution in [2.24, 2.45) is 4.99 Å². The van der Waals surface area contributed by atoms with Crippen molar-refractivity contribution in [2.45, 2.75) is 44.8 Å². The molecule has 1 saturated heterocycles. The summed E-state index contributed by atoms with van der Waals surface area (Å²) in [6.07, 6.45) is 5.27. The number of benzene rings is 1. The number of halogens is 1. The maximum absolute atomic E-state index is 5.58. The molecule has 0 unspecified atom stereocenters. The van der Waals surface area contributed by atoms with Crippen LogP contribution in [0.2, 0.25) is 0 Å². The molecule has 1 fully saturated rings. The van der Waals surface area contributed by atoms with E-state index in [2.05, 4.69) is 60.8 Å². The second-order valence-electron chi connectivity index (χ2n) is 7.46. The van der Waals surface area contributed by atoms with Crippen molar-refractivity contribution in [3.63, 3.8) is 0 Å². The third-order valence-corrected chi connectivity index (χ3v) is 6.77. The molecule has 162 valence electrons. The van der Waals surface area contributed by atoms with Gasteiger partial charge in [0.05, 0.1) is 6.54 Å². The lowest BCUT2D eigenvalue weighted by atomic mass is 9.99. The van der Waals surface area contributed by atoms with Crippen LogP contribution in [0.4, 0.5) is 0 Å². The largest absolute Gasteiger partial charge is 0.381 e. The Bertz CT molecular complexity index is 781. The zero-order chi connectivity index (χ0) is 19.8. The molecule has 2 aromatic rings. The van der Waals surface area contributed by atoms with Crippen molar-refractivity contribution < 1.29 is 4.74 Å². The van der Waals surface area contributed by atoms with Gasteiger partial charge in [0, 0.05) is 48.2 Å². The Morgan fingerprint density at radius 3 is 2.76 bits per heavy atom. The topological polar surface area (TPSA) is 61.4 Å². The smallest absolute Gasteiger partial charge is 0.191 e. The first-order chi connectivity index (χ1) is 13.7. The van der Waals surface area contributed by atoms with Gasteiger partial charge in [-0.15, -0.1) is 24.0 Å². The number of ether oxygens (including phenoxy) is 1. The molecule has 1 aliphatic rings. The lowest BCUT2D eigenvalue weighted by molar-refractivity contribution is 0.0793. The Morgan fingerprint density at radius 1 is 1.24 bits per heavy atom. The SMILES string of the molecule is CCNC(=NCC1(SCC)CCOCC1)NCCc1c[nH]c2cc(C)ccc12.I. The highest BCUT2D eigenvalue weighted by Crippen LogP contribution is 2.35. The van der Waals surface area contributed by atoms with Crippen molar-refractivity contribution >= 4 is 52.6 Å². The summed E-state index contributed by atoms with van der Waals surface area (Å²) in [7, 11) is 0. The van der Waals surface area contributed by atoms with Crippen LogP contribution in [0.15, 0.2) is 29.4 Å². The summed E-state index contributed by atoms with van der Waals surface area (Å²) in [4.78, 5) is 8.32. The van der Waals surface area contributed by atoms with E-state index in [-0.39, 0.29) is 28.7 Å². The van der Waals surface area contributed by atoms with Gasteiger partial charge in [0.2, 0.25) is 0 Å². The van der Waals surface area contributed by atoms with Gasteiger partial charge in [-0.25, -0.2) is 0 Å². The third-order valence-electron chi connectivity index (χ3n) is 5.33. The molecule has 3 rings (SSSR count). The van der Waals surface area contributed by atoms with Gasteiger partial charge < -0.3 is 20.4 Å². The molecule has 5 nitrogen and oxygen atoms in total. The van der Waals surface area contributed by atoms with E-state index in [0.717, 1.165) is 63.8 Å². The number of aromatic amines is 1. The number of aliphatic imine (C=N–C) groups is 1. The first-order valence-electron chi connectivity index (χ1n) is 10.5. The highest BCUT2D eigenvalue weighted by Gasteiger charge is 2.32. The molecule has 1 aromatic carbocycles. The molecule has 0 radical (unpaired) electrons. The summed E-state index contributed by atoms with van der Waals surface area (Å²) in [5.74, 6) is 2.04. The minimum Gasteiger partial charge on any atom is -0.381 e. The summed E-state index contributed by atoms with van der Waals surface area (Å²) >= 11 is 2.04. The van der Waals surface area contributed by atoms with Crippen molar-refractivity contribution in [2.75, 3.05) is 38.6 Å². The molecule has 1 aliphatic heterocycles. The van der Waals surface area contributed by atoms with E-state index >= 15 is 0 Å². The molecule has 29 heavy (non-hydrogen) atoms. The molecule has 0 aliphatic carbocycles. The van der Waals surface area contributed by atoms with Gasteiger partial charge in [-0.05, 0) is 56.1 Å². The zero-order valence-electron chi connectivity index (χ0n) is 17.8. The Morgan fingerprint density at radius 2 is 2.03 bits per heavy atom. The van der Waals surface area contributed by atoms with Gasteiger partial charge in [0.15, 0.2) is 5.96 Å². The molecule has 0 amide bonds. The van der Waals surface area contributed by atoms with Crippen molar-refractivity contribution in [3.05, 3.63) is 35.5 Å². The fourth-order valence-electron chi connectivity index (χ4n) is 3.79. The van der Waals surface area contributed by atoms with Gasteiger partial charge in [0.1, 0.15) is 0 Å². The normalized spacial score (nSPS) is 16.4. The molecule has 1 aromatic heterocycles. The first-order valence-corrected chi connectivity index (χ1v) is 11.4. The van der Waals surface area contributed by atoms with Gasteiger partial charge >= 0.3 is 0 Å². The molecule has 0 atom stereocenters. The number of nitrogens with zero attached hydrogens (tertiary/aromatic N) is 1. The Kier molecular flexibility index (Phi) is 10.1. The number of fused-ring (bicyclic) bond motifs is 1. The highest BCUT2D eigenvalue weighted by molar-refractivity contribution is 14.0. The first kappa shape index (κ1) is 24.3. The zero-order valence-corrected chi connectivity index (χ0v) is 21.0. The molecule has 7 heteroatoms. The van der Waals surface area contributed by atoms with Crippen LogP contribution in [-0.2, 0) is 11.2 Å². The average Bonchev–Trinajstić information content (AvgIpc) is 3.09. The van der Waals surface area contributed by atoms with E-state index in [1.807, 2.05) is 11.8 Å². The number of aromatic nitrogens is 1. The molecule has 2 heterocycles. The number of hydrogen-bond acceptors (Lipinski definition) is 3. The van der Waals surface area contributed by atoms with Crippen LogP contribution < -0.4 is 10.6 Å². The van der Waals surface area contributed by atoms with E-state index in [4.69, 9.17) is 9.73 Å². The van der Waals surface area contributed by atoms with Crippen molar-refractivity contribution in [1.82, 2.24) is 15.6 Å². The van der Waals surface area contributed by atoms with Crippen LogP contribution in [0.5, 0.6) is 0 Å². The summed E-state index contributed by atoms with van der Waals surface area (Å²) in [6.45, 7) is 10.8. The second kappa shape index (κ2) is 12.1. The standard InChI is InChI=1S/C22H34N4OS.HI/c1-4-23-21(26-16-22(28-5-2)9-12-27-13-10-22)24-11-8-18-15-25-20-14-17(3)6-7-19(18)20;/h6-7,14-15,25H,4-5,8-13,16H2,1-3H3,(H2,23,24,26);1H. The van der Waals surface area contributed by atoms with E-state index in [0.29, 0.717) is 0 Å². The summed E-state index contributed by atoms with van der Waals surface area (Å²) in [5.41, 5.74) is 3.85. The van der Waals surface area contributed by atoms with E-state index in [1.165, 1.54) is 22.0 Å². The van der Waals surface area contributed by atoms with Gasteiger partial charge in [-0.2, -0.15) is 11.8 Å². The second-order valence-corrected chi connectivity index (χ2v) is 9.20. The van der Waals surface area contributed by atoms with Crippen LogP contribution in [0, 0.1) is 6.92 Å². The molecule has 0 bridgehead atoms. The maximum atomic E-state index is 5.58.